The molecule has 86 valence electrons. The molecule has 1 aliphatic rings. The quantitative estimate of drug-likeness (QED) is 0.672. The lowest BCUT2D eigenvalue weighted by Crippen LogP contribution is -2.36. The summed E-state index contributed by atoms with van der Waals surface area (Å²) in [5.74, 6) is -1.01. The van der Waals surface area contributed by atoms with Crippen LogP contribution in [0.25, 0.3) is 0 Å². The van der Waals surface area contributed by atoms with Gasteiger partial charge in [-0.3, -0.25) is 9.59 Å². The molecule has 0 bridgehead atoms. The van der Waals surface area contributed by atoms with Crippen molar-refractivity contribution in [1.29, 1.82) is 0 Å². The van der Waals surface area contributed by atoms with Gasteiger partial charge in [0.15, 0.2) is 0 Å². The van der Waals surface area contributed by atoms with Gasteiger partial charge in [-0.2, -0.15) is 0 Å². The molecule has 1 fully saturated rings. The fourth-order valence-corrected chi connectivity index (χ4v) is 1.69. The summed E-state index contributed by atoms with van der Waals surface area (Å²) in [5.41, 5.74) is 0. The molecule has 0 radical (unpaired) electrons. The van der Waals surface area contributed by atoms with Crippen molar-refractivity contribution in [2.45, 2.75) is 19.8 Å². The third kappa shape index (κ3) is 3.87. The van der Waals surface area contributed by atoms with Crippen LogP contribution >= 0.6 is 0 Å². The number of carboxylic acid groups (broad SMARTS) is 1. The van der Waals surface area contributed by atoms with Crippen LogP contribution < -0.4 is 0 Å². The number of aliphatic carboxylic acids is 1. The van der Waals surface area contributed by atoms with Gasteiger partial charge in [0.25, 0.3) is 0 Å². The molecule has 0 aromatic heterocycles. The lowest BCUT2D eigenvalue weighted by atomic mass is 10.1. The second kappa shape index (κ2) is 5.70. The van der Waals surface area contributed by atoms with Crippen molar-refractivity contribution in [2.24, 2.45) is 5.92 Å². The molecule has 1 amide bonds. The Balaban J connectivity index is 2.39. The summed E-state index contributed by atoms with van der Waals surface area (Å²) in [5, 5.41) is 8.52. The maximum atomic E-state index is 11.5. The van der Waals surface area contributed by atoms with Crippen molar-refractivity contribution in [1.82, 2.24) is 4.90 Å². The van der Waals surface area contributed by atoms with Gasteiger partial charge >= 0.3 is 5.97 Å². The van der Waals surface area contributed by atoms with Crippen molar-refractivity contribution in [3.8, 4) is 0 Å². The highest BCUT2D eigenvalue weighted by Gasteiger charge is 2.22. The first-order valence-corrected chi connectivity index (χ1v) is 5.20. The van der Waals surface area contributed by atoms with Crippen LogP contribution in [-0.2, 0) is 14.3 Å². The number of amides is 1. The molecule has 1 N–H and O–H groups in total. The topological polar surface area (TPSA) is 66.8 Å². The van der Waals surface area contributed by atoms with E-state index < -0.39 is 12.4 Å². The van der Waals surface area contributed by atoms with E-state index in [1.54, 1.807) is 4.90 Å². The van der Waals surface area contributed by atoms with E-state index in [-0.39, 0.29) is 5.91 Å². The highest BCUT2D eigenvalue weighted by atomic mass is 16.5. The number of carbonyl (C=O) groups excluding carboxylic acids is 1. The standard InChI is InChI=1S/C10H17NO4/c1-2-11(9(12)5-10(13)14)6-8-3-4-15-7-8/h8H,2-7H2,1H3,(H,13,14). The Bertz CT molecular complexity index is 236. The van der Waals surface area contributed by atoms with Gasteiger partial charge in [0.1, 0.15) is 6.42 Å². The maximum Gasteiger partial charge on any atom is 0.312 e. The third-order valence-corrected chi connectivity index (χ3v) is 2.54. The van der Waals surface area contributed by atoms with E-state index in [2.05, 4.69) is 0 Å². The van der Waals surface area contributed by atoms with E-state index in [0.29, 0.717) is 25.6 Å². The summed E-state index contributed by atoms with van der Waals surface area (Å²) in [6, 6.07) is 0. The molecule has 1 atom stereocenters. The Labute approximate surface area is 89.0 Å². The van der Waals surface area contributed by atoms with Crippen LogP contribution in [0.4, 0.5) is 0 Å². The first kappa shape index (κ1) is 12.0. The molecule has 1 unspecified atom stereocenters. The zero-order valence-corrected chi connectivity index (χ0v) is 8.94. The Morgan fingerprint density at radius 1 is 1.53 bits per heavy atom. The Morgan fingerprint density at radius 2 is 2.27 bits per heavy atom. The maximum absolute atomic E-state index is 11.5. The molecule has 0 spiro atoms. The molecule has 5 nitrogen and oxygen atoms in total. The largest absolute Gasteiger partial charge is 0.481 e. The monoisotopic (exact) mass is 215 g/mol. The summed E-state index contributed by atoms with van der Waals surface area (Å²) in [6.45, 7) is 4.45. The van der Waals surface area contributed by atoms with Crippen molar-refractivity contribution in [3.63, 3.8) is 0 Å². The fraction of sp³-hybridized carbons (Fsp3) is 0.800. The highest BCUT2D eigenvalue weighted by molar-refractivity contribution is 5.93. The molecule has 5 heteroatoms. The van der Waals surface area contributed by atoms with Crippen LogP contribution in [0.3, 0.4) is 0 Å². The van der Waals surface area contributed by atoms with Crippen LogP contribution in [0.1, 0.15) is 19.8 Å². The van der Waals surface area contributed by atoms with Crippen LogP contribution in [0.15, 0.2) is 0 Å². The Hall–Kier alpha value is -1.10. The second-order valence-corrected chi connectivity index (χ2v) is 3.73. The van der Waals surface area contributed by atoms with E-state index >= 15 is 0 Å². The van der Waals surface area contributed by atoms with Gasteiger partial charge in [-0.05, 0) is 13.3 Å². The summed E-state index contributed by atoms with van der Waals surface area (Å²) >= 11 is 0. The van der Waals surface area contributed by atoms with Gasteiger partial charge in [0, 0.05) is 25.6 Å². The number of ether oxygens (including phenoxy) is 1. The minimum atomic E-state index is -1.07. The van der Waals surface area contributed by atoms with E-state index in [1.807, 2.05) is 6.92 Å². The van der Waals surface area contributed by atoms with Gasteiger partial charge in [-0.1, -0.05) is 0 Å². The number of carboxylic acids is 1. The van der Waals surface area contributed by atoms with Gasteiger partial charge in [-0.15, -0.1) is 0 Å². The molecule has 15 heavy (non-hydrogen) atoms. The van der Waals surface area contributed by atoms with Crippen molar-refractivity contribution in [2.75, 3.05) is 26.3 Å². The minimum absolute atomic E-state index is 0.308. The van der Waals surface area contributed by atoms with E-state index in [9.17, 15) is 9.59 Å². The minimum Gasteiger partial charge on any atom is -0.481 e. The number of rotatable bonds is 5. The number of carbonyl (C=O) groups is 2. The molecular formula is C10H17NO4. The van der Waals surface area contributed by atoms with E-state index in [1.165, 1.54) is 0 Å². The Kier molecular flexibility index (Phi) is 4.55. The molecule has 1 heterocycles. The molecule has 1 saturated heterocycles. The molecule has 0 aliphatic carbocycles. The fourth-order valence-electron chi connectivity index (χ4n) is 1.69. The van der Waals surface area contributed by atoms with Crippen molar-refractivity contribution < 1.29 is 19.4 Å². The van der Waals surface area contributed by atoms with Gasteiger partial charge in [0.05, 0.1) is 6.61 Å². The molecule has 1 rings (SSSR count). The van der Waals surface area contributed by atoms with Crippen molar-refractivity contribution in [3.05, 3.63) is 0 Å². The summed E-state index contributed by atoms with van der Waals surface area (Å²) in [7, 11) is 0. The van der Waals surface area contributed by atoms with Crippen LogP contribution in [-0.4, -0.2) is 48.2 Å². The average Bonchev–Trinajstić information content (AvgIpc) is 2.65. The van der Waals surface area contributed by atoms with Gasteiger partial charge in [-0.25, -0.2) is 0 Å². The molecular weight excluding hydrogens is 198 g/mol. The highest BCUT2D eigenvalue weighted by Crippen LogP contribution is 2.14. The van der Waals surface area contributed by atoms with Gasteiger partial charge in [0.2, 0.25) is 5.91 Å². The predicted molar refractivity (Wildman–Crippen MR) is 53.4 cm³/mol. The third-order valence-electron chi connectivity index (χ3n) is 2.54. The number of hydrogen-bond donors (Lipinski definition) is 1. The number of hydrogen-bond acceptors (Lipinski definition) is 3. The zero-order valence-electron chi connectivity index (χ0n) is 8.94. The molecule has 0 saturated carbocycles. The molecule has 0 aromatic rings. The van der Waals surface area contributed by atoms with Crippen LogP contribution in [0.5, 0.6) is 0 Å². The van der Waals surface area contributed by atoms with Gasteiger partial charge < -0.3 is 14.7 Å². The van der Waals surface area contributed by atoms with Crippen LogP contribution in [0.2, 0.25) is 0 Å². The first-order chi connectivity index (χ1) is 7.13. The average molecular weight is 215 g/mol. The summed E-state index contributed by atoms with van der Waals surface area (Å²) < 4.78 is 5.21. The molecule has 0 aromatic carbocycles. The lowest BCUT2D eigenvalue weighted by Gasteiger charge is -2.22. The van der Waals surface area contributed by atoms with E-state index in [0.717, 1.165) is 13.0 Å². The van der Waals surface area contributed by atoms with Crippen molar-refractivity contribution >= 4 is 11.9 Å². The number of nitrogens with zero attached hydrogens (tertiary/aromatic N) is 1. The van der Waals surface area contributed by atoms with E-state index in [4.69, 9.17) is 9.84 Å². The van der Waals surface area contributed by atoms with Crippen LogP contribution in [0, 0.1) is 5.92 Å². The summed E-state index contributed by atoms with van der Waals surface area (Å²) in [6.07, 6.45) is 0.540. The lowest BCUT2D eigenvalue weighted by molar-refractivity contribution is -0.144. The zero-order chi connectivity index (χ0) is 11.3. The Morgan fingerprint density at radius 3 is 2.73 bits per heavy atom. The predicted octanol–water partition coefficient (Wildman–Crippen LogP) is 0.346. The summed E-state index contributed by atoms with van der Waals surface area (Å²) in [4.78, 5) is 23.5. The SMILES string of the molecule is CCN(CC1CCOC1)C(=O)CC(=O)O. The smallest absolute Gasteiger partial charge is 0.312 e. The normalized spacial score (nSPS) is 20.2. The first-order valence-electron chi connectivity index (χ1n) is 5.20. The second-order valence-electron chi connectivity index (χ2n) is 3.73. The molecule has 1 aliphatic heterocycles.